The van der Waals surface area contributed by atoms with Crippen molar-refractivity contribution in [2.24, 2.45) is 5.73 Å². The van der Waals surface area contributed by atoms with Crippen LogP contribution in [0.2, 0.25) is 15.1 Å². The number of hydrogen-bond acceptors (Lipinski definition) is 2. The van der Waals surface area contributed by atoms with Gasteiger partial charge in [0.1, 0.15) is 5.75 Å². The molecule has 0 amide bonds. The third-order valence-corrected chi connectivity index (χ3v) is 3.21. The Balaban J connectivity index is 2.28. The van der Waals surface area contributed by atoms with Crippen molar-refractivity contribution >= 4 is 57.8 Å². The third-order valence-electron chi connectivity index (χ3n) is 2.30. The smallest absolute Gasteiger partial charge is 0.168 e. The summed E-state index contributed by atoms with van der Waals surface area (Å²) in [5, 5.41) is 4.17. The van der Waals surface area contributed by atoms with Gasteiger partial charge >= 0.3 is 0 Å². The van der Waals surface area contributed by atoms with Gasteiger partial charge in [-0.1, -0.05) is 34.8 Å². The molecule has 0 heterocycles. The minimum absolute atomic E-state index is 0.128. The largest absolute Gasteiger partial charge is 0.454 e. The molecule has 0 radical (unpaired) electrons. The molecule has 0 aliphatic rings. The van der Waals surface area contributed by atoms with Crippen LogP contribution >= 0.6 is 47.0 Å². The van der Waals surface area contributed by atoms with Gasteiger partial charge in [0.2, 0.25) is 0 Å². The van der Waals surface area contributed by atoms with Crippen LogP contribution in [-0.2, 0) is 0 Å². The first-order chi connectivity index (χ1) is 9.45. The van der Waals surface area contributed by atoms with Crippen LogP contribution in [0.15, 0.2) is 36.4 Å². The molecule has 2 aromatic rings. The number of nitrogens with one attached hydrogen (secondary N) is 1. The fraction of sp³-hybridized carbons (Fsp3) is 0. The molecule has 0 aromatic heterocycles. The van der Waals surface area contributed by atoms with E-state index >= 15 is 0 Å². The third kappa shape index (κ3) is 3.90. The van der Waals surface area contributed by atoms with Crippen LogP contribution in [0.25, 0.3) is 0 Å². The molecule has 0 bridgehead atoms. The van der Waals surface area contributed by atoms with Gasteiger partial charge in [-0.25, -0.2) is 0 Å². The summed E-state index contributed by atoms with van der Waals surface area (Å²) in [6.45, 7) is 0. The molecule has 2 aromatic carbocycles. The Morgan fingerprint density at radius 2 is 1.60 bits per heavy atom. The van der Waals surface area contributed by atoms with Gasteiger partial charge in [0.15, 0.2) is 10.9 Å². The molecular weight excluding hydrogens is 339 g/mol. The second-order valence-electron chi connectivity index (χ2n) is 3.81. The van der Waals surface area contributed by atoms with Crippen LogP contribution in [0.4, 0.5) is 5.69 Å². The molecule has 104 valence electrons. The summed E-state index contributed by atoms with van der Waals surface area (Å²) >= 11 is 22.8. The van der Waals surface area contributed by atoms with Crippen molar-refractivity contribution in [1.29, 1.82) is 0 Å². The molecule has 20 heavy (non-hydrogen) atoms. The quantitative estimate of drug-likeness (QED) is 0.759. The number of thiocarbonyl (C=S) groups is 1. The number of benzene rings is 2. The van der Waals surface area contributed by atoms with Gasteiger partial charge in [0.05, 0.1) is 10.0 Å². The molecule has 0 saturated carbocycles. The lowest BCUT2D eigenvalue weighted by Crippen LogP contribution is -2.18. The van der Waals surface area contributed by atoms with Gasteiger partial charge in [0, 0.05) is 10.7 Å². The molecule has 0 fully saturated rings. The molecule has 2 rings (SSSR count). The first-order valence-electron chi connectivity index (χ1n) is 5.44. The first-order valence-corrected chi connectivity index (χ1v) is 6.99. The highest BCUT2D eigenvalue weighted by Gasteiger charge is 2.11. The maximum Gasteiger partial charge on any atom is 0.168 e. The summed E-state index contributed by atoms with van der Waals surface area (Å²) in [5.41, 5.74) is 5.98. The Bertz CT molecular complexity index is 624. The Labute approximate surface area is 136 Å². The molecule has 0 atom stereocenters. The first kappa shape index (κ1) is 15.2. The van der Waals surface area contributed by atoms with Gasteiger partial charge in [-0.15, -0.1) is 0 Å². The summed E-state index contributed by atoms with van der Waals surface area (Å²) in [5.74, 6) is 0.928. The van der Waals surface area contributed by atoms with E-state index in [1.54, 1.807) is 36.4 Å². The average molecular weight is 348 g/mol. The van der Waals surface area contributed by atoms with E-state index in [1.807, 2.05) is 0 Å². The molecule has 3 nitrogen and oxygen atoms in total. The van der Waals surface area contributed by atoms with Crippen molar-refractivity contribution in [3.8, 4) is 11.5 Å². The molecule has 3 N–H and O–H groups in total. The minimum atomic E-state index is 0.128. The highest BCUT2D eigenvalue weighted by molar-refractivity contribution is 7.80. The molecule has 0 saturated heterocycles. The second kappa shape index (κ2) is 6.50. The SMILES string of the molecule is NC(=S)Nc1cc(Cl)c(Oc2ccc(Cl)cc2)c(Cl)c1. The molecule has 0 aliphatic carbocycles. The van der Waals surface area contributed by atoms with Crippen LogP contribution in [-0.4, -0.2) is 5.11 Å². The normalized spacial score (nSPS) is 10.2. The number of rotatable bonds is 3. The van der Waals surface area contributed by atoms with Crippen molar-refractivity contribution in [1.82, 2.24) is 0 Å². The van der Waals surface area contributed by atoms with Crippen LogP contribution in [0.3, 0.4) is 0 Å². The molecule has 0 aliphatic heterocycles. The second-order valence-corrected chi connectivity index (χ2v) is 5.50. The number of ether oxygens (including phenoxy) is 1. The lowest BCUT2D eigenvalue weighted by Gasteiger charge is -2.12. The maximum absolute atomic E-state index is 6.14. The molecule has 7 heteroatoms. The Morgan fingerprint density at radius 3 is 2.10 bits per heavy atom. The van der Waals surface area contributed by atoms with Gasteiger partial charge in [-0.3, -0.25) is 0 Å². The zero-order valence-corrected chi connectivity index (χ0v) is 13.1. The van der Waals surface area contributed by atoms with E-state index < -0.39 is 0 Å². The standard InChI is InChI=1S/C13H9Cl3N2OS/c14-7-1-3-9(4-2-7)19-12-10(15)5-8(6-11(12)16)18-13(17)20/h1-6H,(H3,17,18,20). The Hall–Kier alpha value is -1.20. The van der Waals surface area contributed by atoms with E-state index in [4.69, 9.17) is 57.5 Å². The fourth-order valence-electron chi connectivity index (χ4n) is 1.49. The molecular formula is C13H9Cl3N2OS. The van der Waals surface area contributed by atoms with Crippen molar-refractivity contribution < 1.29 is 4.74 Å². The topological polar surface area (TPSA) is 47.3 Å². The lowest BCUT2D eigenvalue weighted by molar-refractivity contribution is 0.483. The van der Waals surface area contributed by atoms with E-state index in [0.717, 1.165) is 0 Å². The predicted octanol–water partition coefficient (Wildman–Crippen LogP) is 5.09. The van der Waals surface area contributed by atoms with E-state index in [2.05, 4.69) is 5.32 Å². The van der Waals surface area contributed by atoms with Gasteiger partial charge < -0.3 is 15.8 Å². The Morgan fingerprint density at radius 1 is 1.05 bits per heavy atom. The van der Waals surface area contributed by atoms with Crippen LogP contribution in [0, 0.1) is 0 Å². The lowest BCUT2D eigenvalue weighted by atomic mass is 10.3. The predicted molar refractivity (Wildman–Crippen MR) is 88.4 cm³/mol. The van der Waals surface area contributed by atoms with Crippen LogP contribution < -0.4 is 15.8 Å². The van der Waals surface area contributed by atoms with E-state index in [0.29, 0.717) is 32.3 Å². The fourth-order valence-corrected chi connectivity index (χ4v) is 2.30. The zero-order chi connectivity index (χ0) is 14.7. The zero-order valence-electron chi connectivity index (χ0n) is 9.99. The summed E-state index contributed by atoms with van der Waals surface area (Å²) in [7, 11) is 0. The van der Waals surface area contributed by atoms with Crippen molar-refractivity contribution in [2.75, 3.05) is 5.32 Å². The molecule has 0 spiro atoms. The average Bonchev–Trinajstić information content (AvgIpc) is 2.35. The van der Waals surface area contributed by atoms with Crippen molar-refractivity contribution in [3.63, 3.8) is 0 Å². The number of hydrogen-bond donors (Lipinski definition) is 2. The summed E-state index contributed by atoms with van der Waals surface area (Å²) in [4.78, 5) is 0. The van der Waals surface area contributed by atoms with E-state index in [-0.39, 0.29) is 5.11 Å². The highest BCUT2D eigenvalue weighted by Crippen LogP contribution is 2.38. The molecule has 0 unspecified atom stereocenters. The van der Waals surface area contributed by atoms with Gasteiger partial charge in [0.25, 0.3) is 0 Å². The van der Waals surface area contributed by atoms with Crippen molar-refractivity contribution in [3.05, 3.63) is 51.5 Å². The van der Waals surface area contributed by atoms with Gasteiger partial charge in [-0.05, 0) is 48.6 Å². The van der Waals surface area contributed by atoms with E-state index in [1.165, 1.54) is 0 Å². The summed E-state index contributed by atoms with van der Waals surface area (Å²) in [6.07, 6.45) is 0. The van der Waals surface area contributed by atoms with E-state index in [9.17, 15) is 0 Å². The number of anilines is 1. The summed E-state index contributed by atoms with van der Waals surface area (Å²) < 4.78 is 5.64. The van der Waals surface area contributed by atoms with Crippen LogP contribution in [0.1, 0.15) is 0 Å². The monoisotopic (exact) mass is 346 g/mol. The maximum atomic E-state index is 6.14. The summed E-state index contributed by atoms with van der Waals surface area (Å²) in [6, 6.07) is 10.1. The number of nitrogens with two attached hydrogens (primary N) is 1. The minimum Gasteiger partial charge on any atom is -0.454 e. The van der Waals surface area contributed by atoms with Crippen LogP contribution in [0.5, 0.6) is 11.5 Å². The Kier molecular flexibility index (Phi) is 4.94. The highest BCUT2D eigenvalue weighted by atomic mass is 35.5. The van der Waals surface area contributed by atoms with Crippen molar-refractivity contribution in [2.45, 2.75) is 0 Å². The number of halogens is 3. The van der Waals surface area contributed by atoms with Gasteiger partial charge in [-0.2, -0.15) is 0 Å².